The number of rotatable bonds is 2. The van der Waals surface area contributed by atoms with Crippen LogP contribution in [-0.2, 0) is 12.8 Å². The van der Waals surface area contributed by atoms with Crippen LogP contribution in [0.2, 0.25) is 0 Å². The molecule has 0 bridgehead atoms. The van der Waals surface area contributed by atoms with E-state index in [-0.39, 0.29) is 0 Å². The molecule has 1 fully saturated rings. The van der Waals surface area contributed by atoms with Gasteiger partial charge in [-0.3, -0.25) is 0 Å². The first-order valence-electron chi connectivity index (χ1n) is 5.80. The summed E-state index contributed by atoms with van der Waals surface area (Å²) in [7, 11) is 0. The van der Waals surface area contributed by atoms with Gasteiger partial charge in [0.05, 0.1) is 0 Å². The average molecular weight is 203 g/mol. The molecule has 2 heterocycles. The fraction of sp³-hybridized carbons (Fsp3) is 0.538. The molecule has 2 heteroatoms. The summed E-state index contributed by atoms with van der Waals surface area (Å²) in [5.41, 5.74) is 2.87. The molecule has 1 atom stereocenters. The zero-order valence-electron chi connectivity index (χ0n) is 9.12. The molecule has 80 valence electrons. The predicted molar refractivity (Wildman–Crippen MR) is 60.3 cm³/mol. The highest BCUT2D eigenvalue weighted by Gasteiger charge is 2.21. The van der Waals surface area contributed by atoms with Crippen LogP contribution in [-0.4, -0.2) is 19.2 Å². The summed E-state index contributed by atoms with van der Waals surface area (Å²) in [6, 6.07) is 6.69. The Morgan fingerprint density at radius 3 is 3.00 bits per heavy atom. The van der Waals surface area contributed by atoms with Crippen LogP contribution in [0.15, 0.2) is 18.2 Å². The molecule has 0 spiro atoms. The summed E-state index contributed by atoms with van der Waals surface area (Å²) in [5.74, 6) is 1.95. The molecule has 1 saturated heterocycles. The monoisotopic (exact) mass is 203 g/mol. The highest BCUT2D eigenvalue weighted by Crippen LogP contribution is 2.30. The Hall–Kier alpha value is -1.02. The van der Waals surface area contributed by atoms with Gasteiger partial charge in [0.15, 0.2) is 0 Å². The maximum atomic E-state index is 5.69. The van der Waals surface area contributed by atoms with Gasteiger partial charge < -0.3 is 10.1 Å². The highest BCUT2D eigenvalue weighted by molar-refractivity contribution is 5.40. The number of benzene rings is 1. The molecule has 2 nitrogen and oxygen atoms in total. The van der Waals surface area contributed by atoms with E-state index in [9.17, 15) is 0 Å². The first-order chi connectivity index (χ1) is 7.31. The fourth-order valence-corrected chi connectivity index (χ4v) is 2.43. The van der Waals surface area contributed by atoms with Gasteiger partial charge in [0.2, 0.25) is 0 Å². The SMILES string of the molecule is CC1Cc2cc(CC3CNC3)ccc2O1. The molecule has 15 heavy (non-hydrogen) atoms. The van der Waals surface area contributed by atoms with E-state index in [0.29, 0.717) is 6.10 Å². The topological polar surface area (TPSA) is 21.3 Å². The molecule has 1 aromatic carbocycles. The normalized spacial score (nSPS) is 24.5. The second kappa shape index (κ2) is 3.53. The highest BCUT2D eigenvalue weighted by atomic mass is 16.5. The minimum Gasteiger partial charge on any atom is -0.490 e. The number of nitrogens with one attached hydrogen (secondary N) is 1. The third-order valence-electron chi connectivity index (χ3n) is 3.35. The van der Waals surface area contributed by atoms with Crippen molar-refractivity contribution in [3.8, 4) is 5.75 Å². The number of ether oxygens (including phenoxy) is 1. The Morgan fingerprint density at radius 1 is 1.40 bits per heavy atom. The van der Waals surface area contributed by atoms with Gasteiger partial charge in [0.1, 0.15) is 11.9 Å². The first-order valence-corrected chi connectivity index (χ1v) is 5.80. The summed E-state index contributed by atoms with van der Waals surface area (Å²) in [6.45, 7) is 4.50. The van der Waals surface area contributed by atoms with Crippen LogP contribution >= 0.6 is 0 Å². The lowest BCUT2D eigenvalue weighted by molar-refractivity contribution is 0.254. The molecule has 1 unspecified atom stereocenters. The third kappa shape index (κ3) is 1.74. The Morgan fingerprint density at radius 2 is 2.27 bits per heavy atom. The van der Waals surface area contributed by atoms with Gasteiger partial charge in [-0.05, 0) is 49.5 Å². The molecule has 2 aliphatic heterocycles. The molecule has 0 aliphatic carbocycles. The molecule has 0 aromatic heterocycles. The average Bonchev–Trinajstić information content (AvgIpc) is 2.50. The number of fused-ring (bicyclic) bond motifs is 1. The van der Waals surface area contributed by atoms with Gasteiger partial charge >= 0.3 is 0 Å². The van der Waals surface area contributed by atoms with E-state index in [1.54, 1.807) is 0 Å². The van der Waals surface area contributed by atoms with Crippen LogP contribution < -0.4 is 10.1 Å². The zero-order chi connectivity index (χ0) is 10.3. The number of hydrogen-bond donors (Lipinski definition) is 1. The first kappa shape index (κ1) is 9.22. The Labute approximate surface area is 90.6 Å². The molecule has 0 radical (unpaired) electrons. The van der Waals surface area contributed by atoms with Crippen molar-refractivity contribution in [3.63, 3.8) is 0 Å². The fourth-order valence-electron chi connectivity index (χ4n) is 2.43. The van der Waals surface area contributed by atoms with Gasteiger partial charge in [-0.2, -0.15) is 0 Å². The van der Waals surface area contributed by atoms with Crippen molar-refractivity contribution in [1.29, 1.82) is 0 Å². The van der Waals surface area contributed by atoms with Crippen LogP contribution in [0.25, 0.3) is 0 Å². The summed E-state index contributed by atoms with van der Waals surface area (Å²) in [4.78, 5) is 0. The van der Waals surface area contributed by atoms with Crippen molar-refractivity contribution >= 4 is 0 Å². The minimum absolute atomic E-state index is 0.362. The van der Waals surface area contributed by atoms with Crippen molar-refractivity contribution in [2.75, 3.05) is 13.1 Å². The maximum absolute atomic E-state index is 5.69. The maximum Gasteiger partial charge on any atom is 0.123 e. The third-order valence-corrected chi connectivity index (χ3v) is 3.35. The Bertz CT molecular complexity index is 371. The van der Waals surface area contributed by atoms with E-state index in [1.165, 1.54) is 30.6 Å². The molecule has 1 N–H and O–H groups in total. The Kier molecular flexibility index (Phi) is 2.17. The lowest BCUT2D eigenvalue weighted by atomic mass is 9.93. The summed E-state index contributed by atoms with van der Waals surface area (Å²) in [5, 5.41) is 3.32. The zero-order valence-corrected chi connectivity index (χ0v) is 9.12. The van der Waals surface area contributed by atoms with Crippen molar-refractivity contribution < 1.29 is 4.74 Å². The quantitative estimate of drug-likeness (QED) is 0.791. The summed E-state index contributed by atoms with van der Waals surface area (Å²) >= 11 is 0. The Balaban J connectivity index is 1.77. The van der Waals surface area contributed by atoms with Gasteiger partial charge in [-0.15, -0.1) is 0 Å². The molecular weight excluding hydrogens is 186 g/mol. The molecule has 0 amide bonds. The second-order valence-electron chi connectivity index (χ2n) is 4.80. The molecule has 3 rings (SSSR count). The van der Waals surface area contributed by atoms with Gasteiger partial charge in [0, 0.05) is 6.42 Å². The van der Waals surface area contributed by atoms with Gasteiger partial charge in [-0.1, -0.05) is 12.1 Å². The van der Waals surface area contributed by atoms with E-state index < -0.39 is 0 Å². The largest absolute Gasteiger partial charge is 0.490 e. The smallest absolute Gasteiger partial charge is 0.123 e. The van der Waals surface area contributed by atoms with Crippen molar-refractivity contribution in [2.45, 2.75) is 25.9 Å². The van der Waals surface area contributed by atoms with E-state index in [0.717, 1.165) is 18.1 Å². The van der Waals surface area contributed by atoms with Crippen LogP contribution in [0.4, 0.5) is 0 Å². The van der Waals surface area contributed by atoms with Crippen LogP contribution in [0.1, 0.15) is 18.1 Å². The van der Waals surface area contributed by atoms with Crippen LogP contribution in [0, 0.1) is 5.92 Å². The minimum atomic E-state index is 0.362. The van der Waals surface area contributed by atoms with Crippen molar-refractivity contribution in [2.24, 2.45) is 5.92 Å². The lowest BCUT2D eigenvalue weighted by Gasteiger charge is -2.27. The van der Waals surface area contributed by atoms with Crippen LogP contribution in [0.3, 0.4) is 0 Å². The van der Waals surface area contributed by atoms with E-state index in [2.05, 4.69) is 30.4 Å². The summed E-state index contributed by atoms with van der Waals surface area (Å²) in [6.07, 6.45) is 2.65. The number of hydrogen-bond acceptors (Lipinski definition) is 2. The standard InChI is InChI=1S/C13H17NO/c1-9-4-12-6-10(2-3-13(12)15-9)5-11-7-14-8-11/h2-3,6,9,11,14H,4-5,7-8H2,1H3. The van der Waals surface area contributed by atoms with E-state index in [1.807, 2.05) is 0 Å². The molecule has 1 aromatic rings. The molecule has 2 aliphatic rings. The van der Waals surface area contributed by atoms with Crippen molar-refractivity contribution in [1.82, 2.24) is 5.32 Å². The molecule has 0 saturated carbocycles. The van der Waals surface area contributed by atoms with Crippen molar-refractivity contribution in [3.05, 3.63) is 29.3 Å². The second-order valence-corrected chi connectivity index (χ2v) is 4.80. The molecular formula is C13H17NO. The summed E-state index contributed by atoms with van der Waals surface area (Å²) < 4.78 is 5.69. The van der Waals surface area contributed by atoms with Gasteiger partial charge in [0.25, 0.3) is 0 Å². The van der Waals surface area contributed by atoms with Crippen LogP contribution in [0.5, 0.6) is 5.75 Å². The van der Waals surface area contributed by atoms with E-state index in [4.69, 9.17) is 4.74 Å². The lowest BCUT2D eigenvalue weighted by Crippen LogP contribution is -2.43. The predicted octanol–water partition coefficient (Wildman–Crippen LogP) is 1.77. The van der Waals surface area contributed by atoms with E-state index >= 15 is 0 Å². The van der Waals surface area contributed by atoms with Gasteiger partial charge in [-0.25, -0.2) is 0 Å².